The first-order valence-electron chi connectivity index (χ1n) is 6.23. The number of benzene rings is 2. The Morgan fingerprint density at radius 2 is 1.83 bits per heavy atom. The first-order chi connectivity index (χ1) is 10.7. The Kier molecular flexibility index (Phi) is 5.13. The van der Waals surface area contributed by atoms with E-state index in [-0.39, 0.29) is 20.6 Å². The molecule has 1 amide bonds. The lowest BCUT2D eigenvalue weighted by molar-refractivity contribution is -0.116. The lowest BCUT2D eigenvalue weighted by atomic mass is 10.3. The van der Waals surface area contributed by atoms with Gasteiger partial charge in [0.05, 0.1) is 20.6 Å². The fourth-order valence-corrected chi connectivity index (χ4v) is 3.66. The minimum absolute atomic E-state index is 0.0325. The zero-order valence-corrected chi connectivity index (χ0v) is 13.9. The molecule has 0 spiro atoms. The third-order valence-electron chi connectivity index (χ3n) is 2.87. The van der Waals surface area contributed by atoms with E-state index in [1.165, 1.54) is 24.3 Å². The number of sulfonamides is 1. The molecule has 0 aliphatic heterocycles. The van der Waals surface area contributed by atoms with Crippen molar-refractivity contribution in [3.8, 4) is 0 Å². The largest absolute Gasteiger partial charge is 0.368 e. The molecule has 0 aliphatic carbocycles. The fourth-order valence-electron chi connectivity index (χ4n) is 1.85. The predicted octanol–water partition coefficient (Wildman–Crippen LogP) is 2.81. The minimum Gasteiger partial charge on any atom is -0.368 e. The summed E-state index contributed by atoms with van der Waals surface area (Å²) in [5.41, 5.74) is 5.08. The Labute approximate surface area is 142 Å². The van der Waals surface area contributed by atoms with Crippen molar-refractivity contribution in [3.05, 3.63) is 58.3 Å². The van der Waals surface area contributed by atoms with Crippen molar-refractivity contribution in [2.45, 2.75) is 4.90 Å². The molecule has 0 saturated carbocycles. The van der Waals surface area contributed by atoms with Crippen molar-refractivity contribution in [2.75, 3.05) is 10.8 Å². The Balaban J connectivity index is 2.57. The molecule has 0 aromatic heterocycles. The summed E-state index contributed by atoms with van der Waals surface area (Å²) in [4.78, 5) is 11.0. The maximum Gasteiger partial charge on any atom is 0.264 e. The molecule has 2 rings (SSSR count). The highest BCUT2D eigenvalue weighted by atomic mass is 35.5. The van der Waals surface area contributed by atoms with Crippen LogP contribution in [0.4, 0.5) is 10.1 Å². The first kappa shape index (κ1) is 17.5. The van der Waals surface area contributed by atoms with Crippen molar-refractivity contribution < 1.29 is 17.6 Å². The van der Waals surface area contributed by atoms with E-state index < -0.39 is 28.3 Å². The lowest BCUT2D eigenvalue weighted by Crippen LogP contribution is -2.38. The molecule has 0 atom stereocenters. The summed E-state index contributed by atoms with van der Waals surface area (Å²) in [6.07, 6.45) is 0. The summed E-state index contributed by atoms with van der Waals surface area (Å²) in [6, 6.07) is 8.49. The first-order valence-corrected chi connectivity index (χ1v) is 8.43. The van der Waals surface area contributed by atoms with Gasteiger partial charge in [-0.25, -0.2) is 12.8 Å². The summed E-state index contributed by atoms with van der Waals surface area (Å²) in [5, 5.41) is 0.212. The van der Waals surface area contributed by atoms with E-state index in [1.54, 1.807) is 0 Å². The number of rotatable bonds is 5. The summed E-state index contributed by atoms with van der Waals surface area (Å²) in [6.45, 7) is -0.647. The third kappa shape index (κ3) is 3.93. The molecule has 0 aliphatic rings. The molecule has 2 N–H and O–H groups in total. The number of anilines is 1. The fraction of sp³-hybridized carbons (Fsp3) is 0.0714. The number of halogens is 3. The molecule has 9 heteroatoms. The summed E-state index contributed by atoms with van der Waals surface area (Å²) >= 11 is 11.6. The van der Waals surface area contributed by atoms with Gasteiger partial charge in [-0.15, -0.1) is 0 Å². The van der Waals surface area contributed by atoms with Gasteiger partial charge in [0.25, 0.3) is 10.0 Å². The molecule has 0 fully saturated rings. The van der Waals surface area contributed by atoms with Gasteiger partial charge >= 0.3 is 0 Å². The van der Waals surface area contributed by atoms with Crippen LogP contribution in [0.2, 0.25) is 10.0 Å². The maximum atomic E-state index is 13.4. The van der Waals surface area contributed by atoms with Crippen LogP contribution in [0.5, 0.6) is 0 Å². The number of carbonyl (C=O) groups excluding carboxylic acids is 1. The van der Waals surface area contributed by atoms with Gasteiger partial charge in [-0.3, -0.25) is 9.10 Å². The monoisotopic (exact) mass is 376 g/mol. The number of hydrogen-bond donors (Lipinski definition) is 1. The standard InChI is InChI=1S/C14H11Cl2FN2O3S/c15-12-5-4-11(7-13(12)16)23(21,22)19(8-14(18)20)10-3-1-2-9(17)6-10/h1-7H,8H2,(H2,18,20). The molecule has 0 saturated heterocycles. The molecule has 23 heavy (non-hydrogen) atoms. The number of nitrogens with zero attached hydrogens (tertiary/aromatic N) is 1. The summed E-state index contributed by atoms with van der Waals surface area (Å²) < 4.78 is 39.6. The third-order valence-corrected chi connectivity index (χ3v) is 5.38. The van der Waals surface area contributed by atoms with Gasteiger partial charge in [0.1, 0.15) is 12.4 Å². The van der Waals surface area contributed by atoms with Crippen molar-refractivity contribution in [3.63, 3.8) is 0 Å². The van der Waals surface area contributed by atoms with Gasteiger partial charge in [-0.2, -0.15) is 0 Å². The van der Waals surface area contributed by atoms with Crippen LogP contribution in [0.3, 0.4) is 0 Å². The van der Waals surface area contributed by atoms with Crippen molar-refractivity contribution in [1.82, 2.24) is 0 Å². The zero-order chi connectivity index (χ0) is 17.2. The quantitative estimate of drug-likeness (QED) is 0.870. The molecule has 2 aromatic rings. The average molecular weight is 377 g/mol. The van der Waals surface area contributed by atoms with Crippen LogP contribution in [0, 0.1) is 5.82 Å². The van der Waals surface area contributed by atoms with E-state index in [2.05, 4.69) is 0 Å². The second-order valence-corrected chi connectivity index (χ2v) is 7.21. The highest BCUT2D eigenvalue weighted by Crippen LogP contribution is 2.29. The Morgan fingerprint density at radius 3 is 2.39 bits per heavy atom. The maximum absolute atomic E-state index is 13.4. The topological polar surface area (TPSA) is 80.5 Å². The number of amides is 1. The highest BCUT2D eigenvalue weighted by molar-refractivity contribution is 7.92. The number of primary amides is 1. The van der Waals surface area contributed by atoms with Crippen molar-refractivity contribution in [2.24, 2.45) is 5.73 Å². The zero-order valence-electron chi connectivity index (χ0n) is 11.5. The SMILES string of the molecule is NC(=O)CN(c1cccc(F)c1)S(=O)(=O)c1ccc(Cl)c(Cl)c1. The van der Waals surface area contributed by atoms with Crippen molar-refractivity contribution >= 4 is 44.8 Å². The molecule has 2 aromatic carbocycles. The second kappa shape index (κ2) is 6.74. The number of carbonyl (C=O) groups is 1. The minimum atomic E-state index is -4.18. The van der Waals surface area contributed by atoms with Crippen LogP contribution in [-0.2, 0) is 14.8 Å². The molecular formula is C14H11Cl2FN2O3S. The lowest BCUT2D eigenvalue weighted by Gasteiger charge is -2.23. The van der Waals surface area contributed by atoms with E-state index in [0.29, 0.717) is 4.31 Å². The summed E-state index contributed by atoms with van der Waals surface area (Å²) in [5.74, 6) is -1.54. The average Bonchev–Trinajstić information content (AvgIpc) is 2.47. The van der Waals surface area contributed by atoms with Gasteiger partial charge in [-0.05, 0) is 36.4 Å². The molecule has 0 heterocycles. The molecule has 5 nitrogen and oxygen atoms in total. The number of nitrogens with two attached hydrogens (primary N) is 1. The molecular weight excluding hydrogens is 366 g/mol. The van der Waals surface area contributed by atoms with Crippen molar-refractivity contribution in [1.29, 1.82) is 0 Å². The van der Waals surface area contributed by atoms with E-state index in [9.17, 15) is 17.6 Å². The molecule has 0 bridgehead atoms. The van der Waals surface area contributed by atoms with Gasteiger partial charge in [0.15, 0.2) is 0 Å². The Hall–Kier alpha value is -1.83. The van der Waals surface area contributed by atoms with Crippen LogP contribution in [0.1, 0.15) is 0 Å². The summed E-state index contributed by atoms with van der Waals surface area (Å²) in [7, 11) is -4.18. The van der Waals surface area contributed by atoms with E-state index >= 15 is 0 Å². The van der Waals surface area contributed by atoms with Gasteiger partial charge in [0, 0.05) is 0 Å². The van der Waals surface area contributed by atoms with Gasteiger partial charge in [0.2, 0.25) is 5.91 Å². The Morgan fingerprint density at radius 1 is 1.13 bits per heavy atom. The number of hydrogen-bond acceptors (Lipinski definition) is 3. The van der Waals surface area contributed by atoms with Crippen LogP contribution >= 0.6 is 23.2 Å². The second-order valence-electron chi connectivity index (χ2n) is 4.53. The van der Waals surface area contributed by atoms with E-state index in [0.717, 1.165) is 18.2 Å². The van der Waals surface area contributed by atoms with Crippen LogP contribution < -0.4 is 10.0 Å². The van der Waals surface area contributed by atoms with Crippen LogP contribution in [-0.4, -0.2) is 20.9 Å². The molecule has 0 unspecified atom stereocenters. The normalized spacial score (nSPS) is 11.3. The predicted molar refractivity (Wildman–Crippen MR) is 86.6 cm³/mol. The van der Waals surface area contributed by atoms with Crippen LogP contribution in [0.25, 0.3) is 0 Å². The smallest absolute Gasteiger partial charge is 0.264 e. The van der Waals surface area contributed by atoms with Gasteiger partial charge < -0.3 is 5.73 Å². The van der Waals surface area contributed by atoms with Crippen LogP contribution in [0.15, 0.2) is 47.4 Å². The Bertz CT molecular complexity index is 859. The van der Waals surface area contributed by atoms with E-state index in [4.69, 9.17) is 28.9 Å². The highest BCUT2D eigenvalue weighted by Gasteiger charge is 2.27. The van der Waals surface area contributed by atoms with Gasteiger partial charge in [-0.1, -0.05) is 29.3 Å². The molecule has 0 radical (unpaired) electrons. The molecule has 122 valence electrons. The van der Waals surface area contributed by atoms with E-state index in [1.807, 2.05) is 0 Å².